The number of hydrogen-bond donors (Lipinski definition) is 6. The summed E-state index contributed by atoms with van der Waals surface area (Å²) in [7, 11) is -1.04. The Labute approximate surface area is 184 Å². The Balaban J connectivity index is 1.76. The van der Waals surface area contributed by atoms with E-state index in [4.69, 9.17) is 21.9 Å². The number of nitrogens with one attached hydrogen (secondary N) is 2. The Bertz CT molecular complexity index is 757. The van der Waals surface area contributed by atoms with Gasteiger partial charge in [-0.25, -0.2) is 0 Å². The van der Waals surface area contributed by atoms with E-state index in [-0.39, 0.29) is 18.4 Å². The highest BCUT2D eigenvalue weighted by Gasteiger charge is 2.40. The van der Waals surface area contributed by atoms with Crippen LogP contribution in [0.15, 0.2) is 18.2 Å². The Morgan fingerprint density at radius 3 is 2.55 bits per heavy atom. The SMILES string of the molecule is CC1(C)OB(O)c2cc(NC(=O)CNC(=O)C(N)CCCN(CCN)CCN)ccc21. The molecule has 1 unspecified atom stereocenters. The number of nitrogens with zero attached hydrogens (tertiary/aromatic N) is 1. The molecule has 1 aliphatic rings. The van der Waals surface area contributed by atoms with E-state index >= 15 is 0 Å². The van der Waals surface area contributed by atoms with Gasteiger partial charge in [-0.3, -0.25) is 9.59 Å². The Hall–Kier alpha value is -2.02. The van der Waals surface area contributed by atoms with Crippen LogP contribution in [0.2, 0.25) is 0 Å². The van der Waals surface area contributed by atoms with Gasteiger partial charge < -0.3 is 42.4 Å². The van der Waals surface area contributed by atoms with Gasteiger partial charge in [0, 0.05) is 31.9 Å². The summed E-state index contributed by atoms with van der Waals surface area (Å²) in [4.78, 5) is 26.5. The van der Waals surface area contributed by atoms with E-state index in [0.717, 1.165) is 31.6 Å². The molecule has 1 aromatic rings. The zero-order valence-electron chi connectivity index (χ0n) is 18.4. The fourth-order valence-corrected chi connectivity index (χ4v) is 3.67. The highest BCUT2D eigenvalue weighted by Crippen LogP contribution is 2.30. The first-order valence-corrected chi connectivity index (χ1v) is 10.6. The van der Waals surface area contributed by atoms with Gasteiger partial charge in [0.15, 0.2) is 0 Å². The van der Waals surface area contributed by atoms with E-state index in [1.54, 1.807) is 12.1 Å². The molecule has 0 saturated heterocycles. The molecular weight excluding hydrogens is 399 g/mol. The quantitative estimate of drug-likeness (QED) is 0.206. The van der Waals surface area contributed by atoms with Crippen molar-refractivity contribution in [3.8, 4) is 0 Å². The normalized spacial score (nSPS) is 15.6. The molecule has 1 atom stereocenters. The molecule has 2 rings (SSSR count). The minimum absolute atomic E-state index is 0.194. The molecule has 172 valence electrons. The fourth-order valence-electron chi connectivity index (χ4n) is 3.67. The first-order valence-electron chi connectivity index (χ1n) is 10.6. The van der Waals surface area contributed by atoms with Crippen LogP contribution in [-0.4, -0.2) is 74.2 Å². The highest BCUT2D eigenvalue weighted by atomic mass is 16.5. The molecule has 0 spiro atoms. The molecule has 1 heterocycles. The van der Waals surface area contributed by atoms with Gasteiger partial charge in [-0.05, 0) is 56.4 Å². The van der Waals surface area contributed by atoms with Gasteiger partial charge in [-0.15, -0.1) is 0 Å². The van der Waals surface area contributed by atoms with E-state index in [0.29, 0.717) is 30.7 Å². The lowest BCUT2D eigenvalue weighted by Crippen LogP contribution is -2.44. The predicted molar refractivity (Wildman–Crippen MR) is 122 cm³/mol. The monoisotopic (exact) mass is 434 g/mol. The maximum Gasteiger partial charge on any atom is 0.492 e. The number of benzene rings is 1. The molecule has 0 aliphatic carbocycles. The number of hydrogen-bond acceptors (Lipinski definition) is 8. The number of carbonyl (C=O) groups excluding carboxylic acids is 2. The van der Waals surface area contributed by atoms with E-state index in [9.17, 15) is 14.6 Å². The molecule has 0 aromatic heterocycles. The summed E-state index contributed by atoms with van der Waals surface area (Å²) in [6.45, 7) is 6.91. The Kier molecular flexibility index (Phi) is 9.42. The van der Waals surface area contributed by atoms with Crippen molar-refractivity contribution in [1.82, 2.24) is 10.2 Å². The summed E-state index contributed by atoms with van der Waals surface area (Å²) in [5, 5.41) is 15.3. The van der Waals surface area contributed by atoms with E-state index in [1.807, 2.05) is 19.9 Å². The average molecular weight is 434 g/mol. The maximum absolute atomic E-state index is 12.2. The molecule has 31 heavy (non-hydrogen) atoms. The van der Waals surface area contributed by atoms with Crippen LogP contribution in [-0.2, 0) is 19.8 Å². The van der Waals surface area contributed by atoms with Gasteiger partial charge in [0.2, 0.25) is 11.8 Å². The van der Waals surface area contributed by atoms with Crippen molar-refractivity contribution in [3.05, 3.63) is 23.8 Å². The summed E-state index contributed by atoms with van der Waals surface area (Å²) in [6, 6.07) is 4.53. The Morgan fingerprint density at radius 2 is 1.90 bits per heavy atom. The highest BCUT2D eigenvalue weighted by molar-refractivity contribution is 6.62. The molecule has 11 heteroatoms. The fraction of sp³-hybridized carbons (Fsp3) is 0.600. The number of carbonyl (C=O) groups is 2. The van der Waals surface area contributed by atoms with Crippen LogP contribution in [0.25, 0.3) is 0 Å². The first kappa shape index (κ1) is 25.2. The van der Waals surface area contributed by atoms with Gasteiger partial charge >= 0.3 is 7.12 Å². The van der Waals surface area contributed by atoms with Crippen molar-refractivity contribution in [2.75, 3.05) is 44.6 Å². The van der Waals surface area contributed by atoms with E-state index < -0.39 is 18.8 Å². The molecule has 0 bridgehead atoms. The summed E-state index contributed by atoms with van der Waals surface area (Å²) in [5.41, 5.74) is 18.5. The summed E-state index contributed by atoms with van der Waals surface area (Å²) in [5.74, 6) is -0.760. The van der Waals surface area contributed by atoms with Crippen molar-refractivity contribution in [3.63, 3.8) is 0 Å². The number of amides is 2. The van der Waals surface area contributed by atoms with Crippen LogP contribution >= 0.6 is 0 Å². The zero-order valence-corrected chi connectivity index (χ0v) is 18.4. The minimum Gasteiger partial charge on any atom is -0.423 e. The van der Waals surface area contributed by atoms with Crippen molar-refractivity contribution < 1.29 is 19.3 Å². The van der Waals surface area contributed by atoms with E-state index in [1.165, 1.54) is 0 Å². The number of anilines is 1. The first-order chi connectivity index (χ1) is 14.7. The van der Waals surface area contributed by atoms with Crippen molar-refractivity contribution in [2.45, 2.75) is 38.3 Å². The van der Waals surface area contributed by atoms with Crippen molar-refractivity contribution >= 4 is 30.1 Å². The molecule has 10 nitrogen and oxygen atoms in total. The predicted octanol–water partition coefficient (Wildman–Crippen LogP) is -1.98. The third-order valence-corrected chi connectivity index (χ3v) is 5.30. The molecule has 1 aliphatic heterocycles. The number of fused-ring (bicyclic) bond motifs is 1. The molecule has 0 radical (unpaired) electrons. The third-order valence-electron chi connectivity index (χ3n) is 5.30. The van der Waals surface area contributed by atoms with Gasteiger partial charge in [0.05, 0.1) is 18.2 Å². The second-order valence-corrected chi connectivity index (χ2v) is 8.22. The third kappa shape index (κ3) is 7.27. The molecule has 2 amide bonds. The molecule has 0 saturated carbocycles. The van der Waals surface area contributed by atoms with Crippen LogP contribution in [0.3, 0.4) is 0 Å². The van der Waals surface area contributed by atoms with Gasteiger partial charge in [-0.2, -0.15) is 0 Å². The van der Waals surface area contributed by atoms with Gasteiger partial charge in [0.25, 0.3) is 0 Å². The molecule has 9 N–H and O–H groups in total. The maximum atomic E-state index is 12.2. The topological polar surface area (TPSA) is 169 Å². The Morgan fingerprint density at radius 1 is 1.23 bits per heavy atom. The molecular formula is C20H35BN6O4. The zero-order chi connectivity index (χ0) is 23.0. The second-order valence-electron chi connectivity index (χ2n) is 8.22. The van der Waals surface area contributed by atoms with Crippen LogP contribution in [0, 0.1) is 0 Å². The smallest absolute Gasteiger partial charge is 0.423 e. The number of nitrogens with two attached hydrogens (primary N) is 3. The van der Waals surface area contributed by atoms with Crippen LogP contribution in [0.1, 0.15) is 32.3 Å². The molecule has 0 fully saturated rings. The summed E-state index contributed by atoms with van der Waals surface area (Å²) >= 11 is 0. The lowest BCUT2D eigenvalue weighted by Gasteiger charge is -2.21. The van der Waals surface area contributed by atoms with Gasteiger partial charge in [-0.1, -0.05) is 6.07 Å². The lowest BCUT2D eigenvalue weighted by molar-refractivity contribution is -0.125. The lowest BCUT2D eigenvalue weighted by atomic mass is 9.78. The molecule has 1 aromatic carbocycles. The van der Waals surface area contributed by atoms with Crippen LogP contribution in [0.4, 0.5) is 5.69 Å². The van der Waals surface area contributed by atoms with Crippen LogP contribution in [0.5, 0.6) is 0 Å². The van der Waals surface area contributed by atoms with Crippen molar-refractivity contribution in [2.24, 2.45) is 17.2 Å². The standard InChI is InChI=1S/C20H35BN6O4/c1-20(2)15-6-5-14(12-16(15)21(30)31-20)26-18(28)13-25-19(29)17(24)4-3-9-27(10-7-22)11-8-23/h5-6,12,17,30H,3-4,7-11,13,22-24H2,1-2H3,(H,25,29)(H,26,28). The number of rotatable bonds is 12. The minimum atomic E-state index is -1.04. The average Bonchev–Trinajstić information content (AvgIpc) is 2.94. The summed E-state index contributed by atoms with van der Waals surface area (Å²) < 4.78 is 5.51. The van der Waals surface area contributed by atoms with E-state index in [2.05, 4.69) is 15.5 Å². The summed E-state index contributed by atoms with van der Waals surface area (Å²) in [6.07, 6.45) is 1.23. The second kappa shape index (κ2) is 11.6. The van der Waals surface area contributed by atoms with Crippen molar-refractivity contribution in [1.29, 1.82) is 0 Å². The van der Waals surface area contributed by atoms with Crippen LogP contribution < -0.4 is 33.3 Å². The largest absolute Gasteiger partial charge is 0.492 e. The van der Waals surface area contributed by atoms with Gasteiger partial charge in [0.1, 0.15) is 0 Å².